The fourth-order valence-corrected chi connectivity index (χ4v) is 4.59. The Kier molecular flexibility index (Phi) is 6.45. The second-order valence-electron chi connectivity index (χ2n) is 8.88. The summed E-state index contributed by atoms with van der Waals surface area (Å²) in [5, 5.41) is 11.2. The number of carbonyl (C=O) groups excluding carboxylic acids is 3. The fourth-order valence-electron chi connectivity index (χ4n) is 4.59. The number of fused-ring (bicyclic) bond motifs is 1. The van der Waals surface area contributed by atoms with Crippen LogP contribution in [0.15, 0.2) is 72.8 Å². The van der Waals surface area contributed by atoms with Gasteiger partial charge in [-0.25, -0.2) is 0 Å². The molecule has 1 aliphatic rings. The molecule has 3 aromatic carbocycles. The Bertz CT molecular complexity index is 1470. The number of hydrogen-bond donors (Lipinski definition) is 2. The average Bonchev–Trinajstić information content (AvgIpc) is 3.55. The van der Waals surface area contributed by atoms with Crippen molar-refractivity contribution in [2.45, 2.75) is 25.8 Å². The van der Waals surface area contributed by atoms with Crippen LogP contribution in [0.3, 0.4) is 0 Å². The SMILES string of the molecule is CC(=O)N1CCC[C@@H]1C(=O)Nc1cccc(C(=O)c2ccc3c(/C=C/c4ccccc4)n[nH]c3c2)c1. The first-order valence-corrected chi connectivity index (χ1v) is 11.9. The molecule has 180 valence electrons. The number of ketones is 1. The van der Waals surface area contributed by atoms with E-state index in [4.69, 9.17) is 0 Å². The molecule has 7 nitrogen and oxygen atoms in total. The molecule has 0 aliphatic carbocycles. The van der Waals surface area contributed by atoms with Crippen LogP contribution in [0, 0.1) is 0 Å². The van der Waals surface area contributed by atoms with E-state index in [-0.39, 0.29) is 17.6 Å². The molecule has 0 bridgehead atoms. The second kappa shape index (κ2) is 10.00. The molecule has 4 aromatic rings. The van der Waals surface area contributed by atoms with Gasteiger partial charge in [0.25, 0.3) is 0 Å². The Morgan fingerprint density at radius 1 is 0.972 bits per heavy atom. The molecule has 0 radical (unpaired) electrons. The van der Waals surface area contributed by atoms with Gasteiger partial charge in [0.2, 0.25) is 11.8 Å². The molecule has 36 heavy (non-hydrogen) atoms. The van der Waals surface area contributed by atoms with Crippen molar-refractivity contribution in [1.82, 2.24) is 15.1 Å². The van der Waals surface area contributed by atoms with Crippen LogP contribution < -0.4 is 5.32 Å². The zero-order chi connectivity index (χ0) is 25.1. The van der Waals surface area contributed by atoms with Crippen LogP contribution in [0.4, 0.5) is 5.69 Å². The highest BCUT2D eigenvalue weighted by Crippen LogP contribution is 2.23. The van der Waals surface area contributed by atoms with Crippen molar-refractivity contribution in [3.05, 3.63) is 95.2 Å². The average molecular weight is 479 g/mol. The Hall–Kier alpha value is -4.52. The number of likely N-dealkylation sites (tertiary alicyclic amines) is 1. The number of nitrogens with one attached hydrogen (secondary N) is 2. The molecule has 2 N–H and O–H groups in total. The minimum atomic E-state index is -0.477. The maximum absolute atomic E-state index is 13.2. The van der Waals surface area contributed by atoms with E-state index in [1.54, 1.807) is 41.3 Å². The number of aromatic nitrogens is 2. The van der Waals surface area contributed by atoms with Crippen molar-refractivity contribution >= 4 is 46.3 Å². The third-order valence-electron chi connectivity index (χ3n) is 6.44. The predicted molar refractivity (Wildman–Crippen MR) is 140 cm³/mol. The lowest BCUT2D eigenvalue weighted by Gasteiger charge is -2.22. The minimum Gasteiger partial charge on any atom is -0.331 e. The van der Waals surface area contributed by atoms with E-state index in [1.807, 2.05) is 48.6 Å². The van der Waals surface area contributed by atoms with Gasteiger partial charge in [-0.15, -0.1) is 0 Å². The van der Waals surface area contributed by atoms with Crippen molar-refractivity contribution in [3.8, 4) is 0 Å². The minimum absolute atomic E-state index is 0.107. The normalized spacial score (nSPS) is 15.5. The molecule has 0 spiro atoms. The summed E-state index contributed by atoms with van der Waals surface area (Å²) in [5.41, 5.74) is 4.15. The third kappa shape index (κ3) is 4.81. The zero-order valence-electron chi connectivity index (χ0n) is 19.9. The number of benzene rings is 3. The summed E-state index contributed by atoms with van der Waals surface area (Å²) in [6.45, 7) is 2.07. The standard InChI is InChI=1S/C29H26N4O3/c1-19(34)33-16-6-11-27(33)29(36)30-23-10-5-9-21(17-23)28(35)22-13-14-24-25(31-32-26(24)18-22)15-12-20-7-3-2-4-8-20/h2-5,7-10,12-15,17-18,27H,6,11,16H2,1H3,(H,30,36)(H,31,32)/b15-12+/t27-/m1/s1. The first kappa shape index (κ1) is 23.2. The van der Waals surface area contributed by atoms with Crippen LogP contribution in [0.25, 0.3) is 23.1 Å². The smallest absolute Gasteiger partial charge is 0.247 e. The first-order chi connectivity index (χ1) is 17.5. The number of rotatable bonds is 6. The van der Waals surface area contributed by atoms with E-state index in [2.05, 4.69) is 15.5 Å². The molecule has 1 atom stereocenters. The van der Waals surface area contributed by atoms with Gasteiger partial charge in [-0.3, -0.25) is 19.5 Å². The number of aromatic amines is 1. The number of amides is 2. The van der Waals surface area contributed by atoms with E-state index in [1.165, 1.54) is 6.92 Å². The van der Waals surface area contributed by atoms with Crippen LogP contribution in [-0.4, -0.2) is 45.3 Å². The van der Waals surface area contributed by atoms with E-state index in [0.29, 0.717) is 29.8 Å². The Balaban J connectivity index is 1.33. The first-order valence-electron chi connectivity index (χ1n) is 11.9. The van der Waals surface area contributed by atoms with Gasteiger partial charge in [0.15, 0.2) is 5.78 Å². The zero-order valence-corrected chi connectivity index (χ0v) is 19.9. The van der Waals surface area contributed by atoms with E-state index in [0.717, 1.165) is 28.6 Å². The Morgan fingerprint density at radius 3 is 2.58 bits per heavy atom. The molecule has 1 aliphatic heterocycles. The van der Waals surface area contributed by atoms with Gasteiger partial charge in [-0.2, -0.15) is 5.10 Å². The topological polar surface area (TPSA) is 95.2 Å². The van der Waals surface area contributed by atoms with Gasteiger partial charge >= 0.3 is 0 Å². The summed E-state index contributed by atoms with van der Waals surface area (Å²) < 4.78 is 0. The lowest BCUT2D eigenvalue weighted by atomic mass is 10.0. The number of carbonyl (C=O) groups is 3. The predicted octanol–water partition coefficient (Wildman–Crippen LogP) is 4.91. The third-order valence-corrected chi connectivity index (χ3v) is 6.44. The number of H-pyrrole nitrogens is 1. The van der Waals surface area contributed by atoms with Crippen molar-refractivity contribution < 1.29 is 14.4 Å². The summed E-state index contributed by atoms with van der Waals surface area (Å²) in [5.74, 6) is -0.498. The Labute approximate surface area is 208 Å². The van der Waals surface area contributed by atoms with Gasteiger partial charge in [0, 0.05) is 35.7 Å². The Morgan fingerprint density at radius 2 is 1.78 bits per heavy atom. The molecule has 2 heterocycles. The van der Waals surface area contributed by atoms with Crippen LogP contribution >= 0.6 is 0 Å². The quantitative estimate of drug-likeness (QED) is 0.385. The van der Waals surface area contributed by atoms with Crippen molar-refractivity contribution in [1.29, 1.82) is 0 Å². The molecule has 1 fully saturated rings. The summed E-state index contributed by atoms with van der Waals surface area (Å²) in [4.78, 5) is 39.4. The highest BCUT2D eigenvalue weighted by Gasteiger charge is 2.32. The van der Waals surface area contributed by atoms with Crippen LogP contribution in [0.1, 0.15) is 46.9 Å². The van der Waals surface area contributed by atoms with Crippen LogP contribution in [-0.2, 0) is 9.59 Å². The lowest BCUT2D eigenvalue weighted by Crippen LogP contribution is -2.42. The molecule has 1 saturated heterocycles. The highest BCUT2D eigenvalue weighted by atomic mass is 16.2. The molecule has 0 saturated carbocycles. The highest BCUT2D eigenvalue weighted by molar-refractivity contribution is 6.11. The van der Waals surface area contributed by atoms with Crippen molar-refractivity contribution in [3.63, 3.8) is 0 Å². The number of hydrogen-bond acceptors (Lipinski definition) is 4. The fraction of sp³-hybridized carbons (Fsp3) is 0.172. The largest absolute Gasteiger partial charge is 0.331 e. The monoisotopic (exact) mass is 478 g/mol. The van der Waals surface area contributed by atoms with Crippen molar-refractivity contribution in [2.24, 2.45) is 0 Å². The summed E-state index contributed by atoms with van der Waals surface area (Å²) in [6.07, 6.45) is 5.38. The molecule has 2 amide bonds. The van der Waals surface area contributed by atoms with Crippen molar-refractivity contribution in [2.75, 3.05) is 11.9 Å². The number of anilines is 1. The van der Waals surface area contributed by atoms with E-state index >= 15 is 0 Å². The molecule has 0 unspecified atom stereocenters. The molecule has 5 rings (SSSR count). The van der Waals surface area contributed by atoms with E-state index in [9.17, 15) is 14.4 Å². The maximum Gasteiger partial charge on any atom is 0.247 e. The second-order valence-corrected chi connectivity index (χ2v) is 8.88. The molecule has 1 aromatic heterocycles. The molecule has 7 heteroatoms. The van der Waals surface area contributed by atoms with Gasteiger partial charge in [0.1, 0.15) is 6.04 Å². The molecular weight excluding hydrogens is 452 g/mol. The van der Waals surface area contributed by atoms with E-state index < -0.39 is 6.04 Å². The van der Waals surface area contributed by atoms with Gasteiger partial charge in [0.05, 0.1) is 11.2 Å². The van der Waals surface area contributed by atoms with Gasteiger partial charge in [-0.1, -0.05) is 54.6 Å². The maximum atomic E-state index is 13.2. The summed E-state index contributed by atoms with van der Waals surface area (Å²) in [6, 6.07) is 21.8. The summed E-state index contributed by atoms with van der Waals surface area (Å²) >= 11 is 0. The lowest BCUT2D eigenvalue weighted by molar-refractivity contribution is -0.134. The van der Waals surface area contributed by atoms with Gasteiger partial charge in [-0.05, 0) is 48.7 Å². The van der Waals surface area contributed by atoms with Gasteiger partial charge < -0.3 is 10.2 Å². The number of nitrogens with zero attached hydrogens (tertiary/aromatic N) is 2. The molecular formula is C29H26N4O3. The van der Waals surface area contributed by atoms with Crippen LogP contribution in [0.2, 0.25) is 0 Å². The van der Waals surface area contributed by atoms with Crippen LogP contribution in [0.5, 0.6) is 0 Å². The summed E-state index contributed by atoms with van der Waals surface area (Å²) in [7, 11) is 0.